The SMILES string of the molecule is CCc1cc(NC2CCN(CC(=O)O)CC2)nc(N2CCOCC2)n1. The predicted octanol–water partition coefficient (Wildman–Crippen LogP) is 0.837. The highest BCUT2D eigenvalue weighted by Crippen LogP contribution is 2.19. The van der Waals surface area contributed by atoms with Crippen molar-refractivity contribution in [2.75, 3.05) is 56.2 Å². The highest BCUT2D eigenvalue weighted by Gasteiger charge is 2.22. The van der Waals surface area contributed by atoms with Gasteiger partial charge in [0.05, 0.1) is 19.8 Å². The molecule has 3 heterocycles. The third kappa shape index (κ3) is 5.02. The van der Waals surface area contributed by atoms with Gasteiger partial charge in [-0.15, -0.1) is 0 Å². The van der Waals surface area contributed by atoms with Crippen LogP contribution in [0, 0.1) is 0 Å². The van der Waals surface area contributed by atoms with Crippen LogP contribution in [0.5, 0.6) is 0 Å². The van der Waals surface area contributed by atoms with E-state index in [9.17, 15) is 4.79 Å². The molecule has 0 spiro atoms. The first kappa shape index (κ1) is 17.9. The van der Waals surface area contributed by atoms with Gasteiger partial charge in [-0.1, -0.05) is 6.92 Å². The summed E-state index contributed by atoms with van der Waals surface area (Å²) in [5.74, 6) is 0.878. The molecule has 0 atom stereocenters. The molecule has 0 bridgehead atoms. The molecular weight excluding hydrogens is 322 g/mol. The first-order chi connectivity index (χ1) is 12.1. The van der Waals surface area contributed by atoms with Gasteiger partial charge >= 0.3 is 5.97 Å². The number of nitrogens with one attached hydrogen (secondary N) is 1. The predicted molar refractivity (Wildman–Crippen MR) is 95.2 cm³/mol. The molecule has 0 aliphatic carbocycles. The summed E-state index contributed by atoms with van der Waals surface area (Å²) in [4.78, 5) is 24.3. The van der Waals surface area contributed by atoms with E-state index in [-0.39, 0.29) is 6.54 Å². The van der Waals surface area contributed by atoms with Gasteiger partial charge in [0.1, 0.15) is 5.82 Å². The van der Waals surface area contributed by atoms with Gasteiger partial charge in [-0.05, 0) is 19.3 Å². The molecule has 1 aromatic heterocycles. The van der Waals surface area contributed by atoms with Crippen molar-refractivity contribution in [2.45, 2.75) is 32.2 Å². The van der Waals surface area contributed by atoms with E-state index in [1.807, 2.05) is 11.0 Å². The fourth-order valence-corrected chi connectivity index (χ4v) is 3.28. The molecule has 2 saturated heterocycles. The van der Waals surface area contributed by atoms with Crippen molar-refractivity contribution in [2.24, 2.45) is 0 Å². The quantitative estimate of drug-likeness (QED) is 0.781. The number of carbonyl (C=O) groups is 1. The number of carboxylic acids is 1. The van der Waals surface area contributed by atoms with Crippen molar-refractivity contribution >= 4 is 17.7 Å². The van der Waals surface area contributed by atoms with E-state index in [4.69, 9.17) is 14.8 Å². The number of nitrogens with zero attached hydrogens (tertiary/aromatic N) is 4. The monoisotopic (exact) mass is 349 g/mol. The number of aliphatic carboxylic acids is 1. The topological polar surface area (TPSA) is 90.8 Å². The number of carboxylic acid groups (broad SMARTS) is 1. The lowest BCUT2D eigenvalue weighted by Gasteiger charge is -2.32. The molecule has 2 fully saturated rings. The molecule has 138 valence electrons. The molecule has 0 amide bonds. The molecule has 0 saturated carbocycles. The molecule has 8 nitrogen and oxygen atoms in total. The number of morpholine rings is 1. The second-order valence-corrected chi connectivity index (χ2v) is 6.59. The van der Waals surface area contributed by atoms with Crippen molar-refractivity contribution in [1.29, 1.82) is 0 Å². The van der Waals surface area contributed by atoms with Gasteiger partial charge in [0.25, 0.3) is 0 Å². The Labute approximate surface area is 148 Å². The number of aryl methyl sites for hydroxylation is 1. The average molecular weight is 349 g/mol. The van der Waals surface area contributed by atoms with Gasteiger partial charge in [0.15, 0.2) is 0 Å². The van der Waals surface area contributed by atoms with Gasteiger partial charge < -0.3 is 20.1 Å². The Morgan fingerprint density at radius 1 is 1.28 bits per heavy atom. The van der Waals surface area contributed by atoms with Crippen molar-refractivity contribution in [3.63, 3.8) is 0 Å². The van der Waals surface area contributed by atoms with Crippen molar-refractivity contribution in [1.82, 2.24) is 14.9 Å². The van der Waals surface area contributed by atoms with Crippen molar-refractivity contribution in [3.8, 4) is 0 Å². The molecule has 0 radical (unpaired) electrons. The van der Waals surface area contributed by atoms with E-state index in [1.54, 1.807) is 0 Å². The number of anilines is 2. The first-order valence-corrected chi connectivity index (χ1v) is 9.05. The number of aromatic nitrogens is 2. The van der Waals surface area contributed by atoms with E-state index in [2.05, 4.69) is 22.1 Å². The Morgan fingerprint density at radius 3 is 2.64 bits per heavy atom. The van der Waals surface area contributed by atoms with Crippen LogP contribution in [0.15, 0.2) is 6.07 Å². The summed E-state index contributed by atoms with van der Waals surface area (Å²) in [6.07, 6.45) is 2.71. The zero-order chi connectivity index (χ0) is 17.6. The van der Waals surface area contributed by atoms with Crippen LogP contribution in [0.2, 0.25) is 0 Å². The summed E-state index contributed by atoms with van der Waals surface area (Å²) in [6, 6.07) is 2.34. The second kappa shape index (κ2) is 8.44. The van der Waals surface area contributed by atoms with Crippen LogP contribution in [-0.2, 0) is 16.0 Å². The van der Waals surface area contributed by atoms with E-state index in [1.165, 1.54) is 0 Å². The lowest BCUT2D eigenvalue weighted by molar-refractivity contribution is -0.138. The minimum absolute atomic E-state index is 0.126. The van der Waals surface area contributed by atoms with Gasteiger partial charge in [-0.2, -0.15) is 4.98 Å². The normalized spacial score (nSPS) is 19.8. The number of piperidine rings is 1. The minimum atomic E-state index is -0.759. The van der Waals surface area contributed by atoms with Crippen LogP contribution in [0.25, 0.3) is 0 Å². The number of likely N-dealkylation sites (tertiary alicyclic amines) is 1. The highest BCUT2D eigenvalue weighted by atomic mass is 16.5. The Bertz CT molecular complexity index is 584. The molecular formula is C17H27N5O3. The maximum atomic E-state index is 10.8. The van der Waals surface area contributed by atoms with E-state index in [0.29, 0.717) is 19.3 Å². The van der Waals surface area contributed by atoms with Crippen molar-refractivity contribution < 1.29 is 14.6 Å². The fourth-order valence-electron chi connectivity index (χ4n) is 3.28. The zero-order valence-electron chi connectivity index (χ0n) is 14.8. The van der Waals surface area contributed by atoms with Crippen LogP contribution >= 0.6 is 0 Å². The molecule has 2 aliphatic heterocycles. The smallest absolute Gasteiger partial charge is 0.317 e. The standard InChI is InChI=1S/C17H27N5O3/c1-2-13-11-15(20-17(19-13)22-7-9-25-10-8-22)18-14-3-5-21(6-4-14)12-16(23)24/h11,14H,2-10,12H2,1H3,(H,23,24)(H,18,19,20). The van der Waals surface area contributed by atoms with Crippen LogP contribution in [0.3, 0.4) is 0 Å². The van der Waals surface area contributed by atoms with Crippen LogP contribution in [0.1, 0.15) is 25.5 Å². The number of hydrogen-bond donors (Lipinski definition) is 2. The Morgan fingerprint density at radius 2 is 2.00 bits per heavy atom. The zero-order valence-corrected chi connectivity index (χ0v) is 14.8. The summed E-state index contributed by atoms with van der Waals surface area (Å²) >= 11 is 0. The minimum Gasteiger partial charge on any atom is -0.480 e. The highest BCUT2D eigenvalue weighted by molar-refractivity contribution is 5.69. The molecule has 0 aromatic carbocycles. The van der Waals surface area contributed by atoms with Gasteiger partial charge in [0.2, 0.25) is 5.95 Å². The fraction of sp³-hybridized carbons (Fsp3) is 0.706. The second-order valence-electron chi connectivity index (χ2n) is 6.59. The van der Waals surface area contributed by atoms with E-state index < -0.39 is 5.97 Å². The first-order valence-electron chi connectivity index (χ1n) is 9.05. The Kier molecular flexibility index (Phi) is 6.04. The summed E-state index contributed by atoms with van der Waals surface area (Å²) in [6.45, 7) is 6.88. The third-order valence-corrected chi connectivity index (χ3v) is 4.72. The van der Waals surface area contributed by atoms with Crippen LogP contribution in [-0.4, -0.2) is 77.9 Å². The number of ether oxygens (including phenoxy) is 1. The Hall–Kier alpha value is -1.93. The molecule has 0 unspecified atom stereocenters. The van der Waals surface area contributed by atoms with E-state index in [0.717, 1.165) is 62.9 Å². The molecule has 1 aromatic rings. The average Bonchev–Trinajstić information content (AvgIpc) is 2.63. The van der Waals surface area contributed by atoms with Crippen LogP contribution in [0.4, 0.5) is 11.8 Å². The Balaban J connectivity index is 1.63. The van der Waals surface area contributed by atoms with Crippen molar-refractivity contribution in [3.05, 3.63) is 11.8 Å². The summed E-state index contributed by atoms with van der Waals surface area (Å²) in [5.41, 5.74) is 1.03. The maximum Gasteiger partial charge on any atom is 0.317 e. The molecule has 2 N–H and O–H groups in total. The van der Waals surface area contributed by atoms with Gasteiger partial charge in [0, 0.05) is 44.0 Å². The molecule has 25 heavy (non-hydrogen) atoms. The summed E-state index contributed by atoms with van der Waals surface area (Å²) in [7, 11) is 0. The molecule has 8 heteroatoms. The maximum absolute atomic E-state index is 10.8. The van der Waals surface area contributed by atoms with Gasteiger partial charge in [-0.25, -0.2) is 4.98 Å². The van der Waals surface area contributed by atoms with Gasteiger partial charge in [-0.3, -0.25) is 9.69 Å². The third-order valence-electron chi connectivity index (χ3n) is 4.72. The number of rotatable bonds is 6. The molecule has 3 rings (SSSR count). The lowest BCUT2D eigenvalue weighted by atomic mass is 10.1. The van der Waals surface area contributed by atoms with E-state index >= 15 is 0 Å². The largest absolute Gasteiger partial charge is 0.480 e. The van der Waals surface area contributed by atoms with Crippen LogP contribution < -0.4 is 10.2 Å². The summed E-state index contributed by atoms with van der Waals surface area (Å²) < 4.78 is 5.41. The number of hydrogen-bond acceptors (Lipinski definition) is 7. The molecule has 2 aliphatic rings. The lowest BCUT2D eigenvalue weighted by Crippen LogP contribution is -2.41. The summed E-state index contributed by atoms with van der Waals surface area (Å²) in [5, 5.41) is 12.4.